The van der Waals surface area contributed by atoms with Gasteiger partial charge in [0.15, 0.2) is 0 Å². The van der Waals surface area contributed by atoms with Crippen LogP contribution in [0.2, 0.25) is 0 Å². The summed E-state index contributed by atoms with van der Waals surface area (Å²) in [5, 5.41) is 20.0. The van der Waals surface area contributed by atoms with Crippen LogP contribution in [-0.2, 0) is 0 Å². The summed E-state index contributed by atoms with van der Waals surface area (Å²) in [5.41, 5.74) is 3.17. The molecule has 0 spiro atoms. The maximum atomic E-state index is 10.9. The van der Waals surface area contributed by atoms with Gasteiger partial charge in [-0.05, 0) is 30.3 Å². The van der Waals surface area contributed by atoms with Gasteiger partial charge in [0.1, 0.15) is 6.07 Å². The number of benzene rings is 3. The molecule has 0 heterocycles. The topological polar surface area (TPSA) is 66.9 Å². The zero-order chi connectivity index (χ0) is 19.1. The van der Waals surface area contributed by atoms with Crippen molar-refractivity contribution in [3.8, 4) is 29.8 Å². The molecule has 0 aliphatic rings. The fraction of sp³-hybridized carbons (Fsp3) is 0. The first-order valence-corrected chi connectivity index (χ1v) is 8.04. The maximum Gasteiger partial charge on any atom is 0.270 e. The van der Waals surface area contributed by atoms with Crippen molar-refractivity contribution < 1.29 is 4.92 Å². The van der Waals surface area contributed by atoms with Crippen molar-refractivity contribution in [3.05, 3.63) is 111 Å². The van der Waals surface area contributed by atoms with E-state index >= 15 is 0 Å². The van der Waals surface area contributed by atoms with Crippen LogP contribution in [0.1, 0.15) is 27.8 Å². The van der Waals surface area contributed by atoms with Gasteiger partial charge in [0, 0.05) is 34.4 Å². The Kier molecular flexibility index (Phi) is 5.29. The second-order valence-electron chi connectivity index (χ2n) is 5.51. The third-order valence-corrected chi connectivity index (χ3v) is 3.70. The van der Waals surface area contributed by atoms with Gasteiger partial charge < -0.3 is 0 Å². The number of nitro groups is 1. The molecule has 3 aromatic carbocycles. The lowest BCUT2D eigenvalue weighted by atomic mass is 10.1. The van der Waals surface area contributed by atoms with Crippen LogP contribution in [0, 0.1) is 45.1 Å². The van der Waals surface area contributed by atoms with Crippen LogP contribution in [0.25, 0.3) is 0 Å². The fourth-order valence-corrected chi connectivity index (χ4v) is 2.36. The number of non-ortho nitro benzene ring substituents is 1. The highest BCUT2D eigenvalue weighted by molar-refractivity contribution is 5.56. The van der Waals surface area contributed by atoms with Crippen LogP contribution in [-0.4, -0.2) is 4.92 Å². The van der Waals surface area contributed by atoms with Crippen molar-refractivity contribution in [1.29, 1.82) is 5.26 Å². The first-order chi connectivity index (χ1) is 13.2. The predicted octanol–water partition coefficient (Wildman–Crippen LogP) is 4.27. The Balaban J connectivity index is 1.95. The summed E-state index contributed by atoms with van der Waals surface area (Å²) >= 11 is 0. The Morgan fingerprint density at radius 1 is 0.704 bits per heavy atom. The summed E-state index contributed by atoms with van der Waals surface area (Å²) in [6.07, 6.45) is 0. The molecular formula is C23H12N2O2. The minimum absolute atomic E-state index is 0.00277. The molecule has 0 saturated heterocycles. The third kappa shape index (κ3) is 4.40. The molecule has 3 aromatic rings. The number of hydrogen-bond donors (Lipinski definition) is 0. The molecule has 0 radical (unpaired) electrons. The van der Waals surface area contributed by atoms with E-state index in [9.17, 15) is 10.1 Å². The molecular weight excluding hydrogens is 336 g/mol. The number of nitrogens with zero attached hydrogens (tertiary/aromatic N) is 2. The lowest BCUT2D eigenvalue weighted by molar-refractivity contribution is -0.384. The Hall–Kier alpha value is -4.33. The Morgan fingerprint density at radius 2 is 1.22 bits per heavy atom. The summed E-state index contributed by atoms with van der Waals surface area (Å²) in [6, 6.07) is 22.8. The zero-order valence-electron chi connectivity index (χ0n) is 14.1. The summed E-state index contributed by atoms with van der Waals surface area (Å²) in [5.74, 6) is 12.0. The van der Waals surface area contributed by atoms with Gasteiger partial charge in [0.25, 0.3) is 5.69 Å². The van der Waals surface area contributed by atoms with Gasteiger partial charge in [-0.2, -0.15) is 5.26 Å². The van der Waals surface area contributed by atoms with Crippen molar-refractivity contribution in [2.45, 2.75) is 0 Å². The molecule has 126 valence electrons. The molecule has 0 aliphatic carbocycles. The molecule has 0 N–H and O–H groups in total. The van der Waals surface area contributed by atoms with E-state index in [1.54, 1.807) is 30.3 Å². The second kappa shape index (κ2) is 8.17. The first-order valence-electron chi connectivity index (χ1n) is 8.04. The van der Waals surface area contributed by atoms with Crippen LogP contribution >= 0.6 is 0 Å². The van der Waals surface area contributed by atoms with E-state index in [0.29, 0.717) is 22.3 Å². The largest absolute Gasteiger partial charge is 0.270 e. The van der Waals surface area contributed by atoms with Gasteiger partial charge in [-0.3, -0.25) is 10.1 Å². The number of rotatable bonds is 1. The molecule has 4 heteroatoms. The fourth-order valence-electron chi connectivity index (χ4n) is 2.36. The van der Waals surface area contributed by atoms with Crippen molar-refractivity contribution in [2.24, 2.45) is 0 Å². The highest BCUT2D eigenvalue weighted by atomic mass is 16.6. The number of hydrogen-bond acceptors (Lipinski definition) is 3. The first kappa shape index (κ1) is 17.5. The predicted molar refractivity (Wildman–Crippen MR) is 103 cm³/mol. The summed E-state index contributed by atoms with van der Waals surface area (Å²) in [4.78, 5) is 10.4. The summed E-state index contributed by atoms with van der Waals surface area (Å²) < 4.78 is 0. The molecule has 0 atom stereocenters. The third-order valence-electron chi connectivity index (χ3n) is 3.70. The van der Waals surface area contributed by atoms with Crippen molar-refractivity contribution in [2.75, 3.05) is 0 Å². The lowest BCUT2D eigenvalue weighted by Crippen LogP contribution is -1.88. The van der Waals surface area contributed by atoms with E-state index in [2.05, 4.69) is 29.8 Å². The molecule has 0 unspecified atom stereocenters. The molecule has 4 nitrogen and oxygen atoms in total. The Labute approximate surface area is 156 Å². The molecule has 0 saturated carbocycles. The van der Waals surface area contributed by atoms with Gasteiger partial charge in [0.05, 0.1) is 10.5 Å². The smallest absolute Gasteiger partial charge is 0.258 e. The highest BCUT2D eigenvalue weighted by Crippen LogP contribution is 2.13. The van der Waals surface area contributed by atoms with Crippen molar-refractivity contribution in [3.63, 3.8) is 0 Å². The quantitative estimate of drug-likeness (QED) is 0.375. The molecule has 0 bridgehead atoms. The average molecular weight is 348 g/mol. The van der Waals surface area contributed by atoms with Crippen LogP contribution < -0.4 is 0 Å². The standard InChI is InChI=1S/C23H12N2O2/c24-17-22-10-4-3-9-21(22)15-14-20-8-2-1-7-19(20)13-12-18-6-5-11-23(16-18)25(26)27/h1-11,16H. The van der Waals surface area contributed by atoms with E-state index in [4.69, 9.17) is 5.26 Å². The highest BCUT2D eigenvalue weighted by Gasteiger charge is 2.04. The van der Waals surface area contributed by atoms with Crippen LogP contribution in [0.3, 0.4) is 0 Å². The molecule has 0 aliphatic heterocycles. The van der Waals surface area contributed by atoms with Crippen LogP contribution in [0.4, 0.5) is 5.69 Å². The number of nitro benzene ring substituents is 1. The Bertz CT molecular complexity index is 1180. The van der Waals surface area contributed by atoms with Gasteiger partial charge in [-0.1, -0.05) is 54.0 Å². The van der Waals surface area contributed by atoms with Crippen molar-refractivity contribution >= 4 is 5.69 Å². The number of nitriles is 1. The van der Waals surface area contributed by atoms with E-state index in [0.717, 1.165) is 5.56 Å². The molecule has 3 rings (SSSR count). The van der Waals surface area contributed by atoms with E-state index in [1.165, 1.54) is 12.1 Å². The van der Waals surface area contributed by atoms with Gasteiger partial charge >= 0.3 is 0 Å². The van der Waals surface area contributed by atoms with Crippen LogP contribution in [0.5, 0.6) is 0 Å². The molecule has 0 fully saturated rings. The molecule has 27 heavy (non-hydrogen) atoms. The van der Waals surface area contributed by atoms with Crippen LogP contribution in [0.15, 0.2) is 72.8 Å². The summed E-state index contributed by atoms with van der Waals surface area (Å²) in [6.45, 7) is 0. The monoisotopic (exact) mass is 348 g/mol. The SMILES string of the molecule is N#Cc1ccccc1C#Cc1ccccc1C#Cc1cccc([N+](=O)[O-])c1. The maximum absolute atomic E-state index is 10.9. The summed E-state index contributed by atoms with van der Waals surface area (Å²) in [7, 11) is 0. The normalized spacial score (nSPS) is 9.15. The zero-order valence-corrected chi connectivity index (χ0v) is 14.1. The Morgan fingerprint density at radius 3 is 1.78 bits per heavy atom. The molecule has 0 amide bonds. The van der Waals surface area contributed by atoms with Gasteiger partial charge in [0.2, 0.25) is 0 Å². The molecule has 0 aromatic heterocycles. The van der Waals surface area contributed by atoms with E-state index in [-0.39, 0.29) is 5.69 Å². The second-order valence-corrected chi connectivity index (χ2v) is 5.51. The van der Waals surface area contributed by atoms with Crippen molar-refractivity contribution in [1.82, 2.24) is 0 Å². The van der Waals surface area contributed by atoms with Gasteiger partial charge in [-0.15, -0.1) is 0 Å². The average Bonchev–Trinajstić information content (AvgIpc) is 2.71. The van der Waals surface area contributed by atoms with Gasteiger partial charge in [-0.25, -0.2) is 0 Å². The lowest BCUT2D eigenvalue weighted by Gasteiger charge is -1.97. The van der Waals surface area contributed by atoms with E-state index in [1.807, 2.05) is 30.3 Å². The van der Waals surface area contributed by atoms with E-state index < -0.39 is 4.92 Å². The minimum atomic E-state index is -0.447. The minimum Gasteiger partial charge on any atom is -0.258 e.